The van der Waals surface area contributed by atoms with E-state index in [0.717, 1.165) is 33.2 Å². The maximum Gasteiger partial charge on any atom is 0.333 e. The van der Waals surface area contributed by atoms with Crippen molar-refractivity contribution in [1.29, 1.82) is 0 Å². The molecular weight excluding hydrogens is 454 g/mol. The van der Waals surface area contributed by atoms with Crippen molar-refractivity contribution >= 4 is 37.6 Å². The molecule has 11 heteroatoms. The Bertz CT molecular complexity index is 1750. The van der Waals surface area contributed by atoms with Crippen molar-refractivity contribution in [2.24, 2.45) is 14.1 Å². The molecule has 34 heavy (non-hydrogen) atoms. The fraction of sp³-hybridized carbons (Fsp3) is 0.217. The topological polar surface area (TPSA) is 117 Å². The van der Waals surface area contributed by atoms with Crippen LogP contribution in [-0.4, -0.2) is 43.1 Å². The lowest BCUT2D eigenvalue weighted by Crippen LogP contribution is -2.21. The lowest BCUT2D eigenvalue weighted by Gasteiger charge is -2.09. The van der Waals surface area contributed by atoms with E-state index in [4.69, 9.17) is 0 Å². The lowest BCUT2D eigenvalue weighted by atomic mass is 10.0. The number of anilines is 1. The van der Waals surface area contributed by atoms with Crippen LogP contribution >= 0.6 is 0 Å². The summed E-state index contributed by atoms with van der Waals surface area (Å²) in [4.78, 5) is 22.0. The average molecular weight is 478 g/mol. The summed E-state index contributed by atoms with van der Waals surface area (Å²) >= 11 is 0. The number of rotatable bonds is 5. The molecule has 0 aliphatic carbocycles. The van der Waals surface area contributed by atoms with E-state index < -0.39 is 10.0 Å². The van der Waals surface area contributed by atoms with E-state index >= 15 is 0 Å². The van der Waals surface area contributed by atoms with Gasteiger partial charge in [0, 0.05) is 37.4 Å². The first-order valence-corrected chi connectivity index (χ1v) is 12.3. The van der Waals surface area contributed by atoms with Crippen molar-refractivity contribution in [3.05, 3.63) is 65.2 Å². The Morgan fingerprint density at radius 2 is 1.85 bits per heavy atom. The Morgan fingerprint density at radius 1 is 1.06 bits per heavy atom. The molecule has 0 atom stereocenters. The molecule has 174 valence electrons. The average Bonchev–Trinajstić information content (AvgIpc) is 3.28. The van der Waals surface area contributed by atoms with Gasteiger partial charge in [0.05, 0.1) is 51.8 Å². The summed E-state index contributed by atoms with van der Waals surface area (Å²) < 4.78 is 31.4. The molecule has 10 nitrogen and oxygen atoms in total. The highest BCUT2D eigenvalue weighted by atomic mass is 32.2. The van der Waals surface area contributed by atoms with E-state index in [1.165, 1.54) is 6.20 Å². The molecule has 0 unspecified atom stereocenters. The Balaban J connectivity index is 1.76. The van der Waals surface area contributed by atoms with Crippen LogP contribution in [0.1, 0.15) is 12.6 Å². The second-order valence-electron chi connectivity index (χ2n) is 8.14. The first-order chi connectivity index (χ1) is 16.2. The van der Waals surface area contributed by atoms with Crippen LogP contribution in [0.5, 0.6) is 0 Å². The van der Waals surface area contributed by atoms with Crippen molar-refractivity contribution < 1.29 is 8.42 Å². The fourth-order valence-electron chi connectivity index (χ4n) is 4.11. The summed E-state index contributed by atoms with van der Waals surface area (Å²) in [5, 5.41) is 5.19. The molecule has 0 radical (unpaired) electrons. The lowest BCUT2D eigenvalue weighted by molar-refractivity contribution is 0.602. The van der Waals surface area contributed by atoms with Gasteiger partial charge in [0.25, 0.3) is 0 Å². The van der Waals surface area contributed by atoms with E-state index in [2.05, 4.69) is 19.8 Å². The van der Waals surface area contributed by atoms with Crippen LogP contribution in [0.25, 0.3) is 38.8 Å². The first kappa shape index (κ1) is 21.8. The second-order valence-corrected chi connectivity index (χ2v) is 10.2. The molecule has 0 fully saturated rings. The molecule has 0 aliphatic heterocycles. The highest BCUT2D eigenvalue weighted by Crippen LogP contribution is 2.30. The van der Waals surface area contributed by atoms with Crippen LogP contribution in [0.4, 0.5) is 5.69 Å². The van der Waals surface area contributed by atoms with Crippen molar-refractivity contribution in [3.8, 4) is 16.8 Å². The number of pyridine rings is 2. The summed E-state index contributed by atoms with van der Waals surface area (Å²) in [5.74, 6) is -0.0316. The molecule has 0 saturated carbocycles. The number of fused-ring (bicyclic) bond motifs is 3. The predicted octanol–water partition coefficient (Wildman–Crippen LogP) is 2.74. The minimum absolute atomic E-state index is 0.0316. The zero-order chi connectivity index (χ0) is 24.2. The molecule has 0 saturated heterocycles. The van der Waals surface area contributed by atoms with Gasteiger partial charge in [-0.05, 0) is 37.6 Å². The number of imidazole rings is 1. The van der Waals surface area contributed by atoms with Crippen molar-refractivity contribution in [2.45, 2.75) is 13.8 Å². The van der Waals surface area contributed by atoms with Gasteiger partial charge in [-0.1, -0.05) is 6.07 Å². The number of nitrogens with one attached hydrogen (secondary N) is 1. The molecule has 4 aromatic heterocycles. The third-order valence-corrected chi connectivity index (χ3v) is 7.14. The van der Waals surface area contributed by atoms with Gasteiger partial charge in [0.15, 0.2) is 0 Å². The van der Waals surface area contributed by atoms with Crippen LogP contribution in [0.15, 0.2) is 53.8 Å². The van der Waals surface area contributed by atoms with E-state index in [9.17, 15) is 13.2 Å². The van der Waals surface area contributed by atoms with E-state index in [1.54, 1.807) is 46.2 Å². The van der Waals surface area contributed by atoms with Crippen LogP contribution in [-0.2, 0) is 24.1 Å². The molecule has 0 spiro atoms. The molecule has 0 aliphatic rings. The van der Waals surface area contributed by atoms with Gasteiger partial charge in [0.1, 0.15) is 0 Å². The van der Waals surface area contributed by atoms with Crippen LogP contribution in [0, 0.1) is 6.92 Å². The van der Waals surface area contributed by atoms with Gasteiger partial charge in [-0.25, -0.2) is 13.2 Å². The SMILES string of the molecule is CCS(=O)(=O)Nc1cncc(-c2ccc3ncc4c(c3c2)n(-c2cn(C)nc2C)c(=O)n4C)c1. The molecule has 5 rings (SSSR count). The number of nitrogens with zero attached hydrogens (tertiary/aromatic N) is 6. The molecular formula is C23H23N7O3S. The fourth-order valence-corrected chi connectivity index (χ4v) is 4.73. The minimum atomic E-state index is -3.42. The maximum absolute atomic E-state index is 13.2. The second kappa shape index (κ2) is 7.80. The Labute approximate surface area is 195 Å². The Hall–Kier alpha value is -3.99. The van der Waals surface area contributed by atoms with E-state index in [-0.39, 0.29) is 11.4 Å². The largest absolute Gasteiger partial charge is 0.333 e. The van der Waals surface area contributed by atoms with E-state index in [0.29, 0.717) is 16.9 Å². The standard InChI is InChI=1S/C23H23N7O3S/c1-5-34(32,33)27-17-8-16(10-24-11-17)15-6-7-19-18(9-15)22-20(12-25-19)29(4)23(31)30(22)21-13-28(3)26-14(21)2/h6-13,27H,5H2,1-4H3. The summed E-state index contributed by atoms with van der Waals surface area (Å²) in [6.07, 6.45) is 6.65. The predicted molar refractivity (Wildman–Crippen MR) is 132 cm³/mol. The highest BCUT2D eigenvalue weighted by Gasteiger charge is 2.19. The Kier molecular flexibility index (Phi) is 5.01. The molecule has 1 N–H and O–H groups in total. The van der Waals surface area contributed by atoms with E-state index in [1.807, 2.05) is 38.4 Å². The smallest absolute Gasteiger partial charge is 0.293 e. The zero-order valence-electron chi connectivity index (χ0n) is 19.1. The normalized spacial score (nSPS) is 12.0. The van der Waals surface area contributed by atoms with Gasteiger partial charge >= 0.3 is 5.69 Å². The number of aromatic nitrogens is 6. The molecule has 5 aromatic rings. The van der Waals surface area contributed by atoms with Crippen molar-refractivity contribution in [3.63, 3.8) is 0 Å². The minimum Gasteiger partial charge on any atom is -0.293 e. The van der Waals surface area contributed by atoms with Gasteiger partial charge in [-0.15, -0.1) is 0 Å². The summed E-state index contributed by atoms with van der Waals surface area (Å²) in [6.45, 7) is 3.44. The van der Waals surface area contributed by atoms with Crippen LogP contribution < -0.4 is 10.4 Å². The van der Waals surface area contributed by atoms with Crippen molar-refractivity contribution in [1.82, 2.24) is 28.9 Å². The highest BCUT2D eigenvalue weighted by molar-refractivity contribution is 7.92. The number of benzene rings is 1. The molecule has 0 amide bonds. The van der Waals surface area contributed by atoms with Gasteiger partial charge in [-0.3, -0.25) is 28.5 Å². The molecule has 0 bridgehead atoms. The van der Waals surface area contributed by atoms with Crippen LogP contribution in [0.2, 0.25) is 0 Å². The number of hydrogen-bond acceptors (Lipinski definition) is 6. The maximum atomic E-state index is 13.2. The number of hydrogen-bond donors (Lipinski definition) is 1. The Morgan fingerprint density at radius 3 is 2.56 bits per heavy atom. The molecule has 4 heterocycles. The quantitative estimate of drug-likeness (QED) is 0.416. The number of aryl methyl sites for hydroxylation is 3. The summed E-state index contributed by atoms with van der Waals surface area (Å²) in [6, 6.07) is 7.46. The van der Waals surface area contributed by atoms with Crippen molar-refractivity contribution in [2.75, 3.05) is 10.5 Å². The monoisotopic (exact) mass is 477 g/mol. The molecule has 1 aromatic carbocycles. The van der Waals surface area contributed by atoms with Crippen LogP contribution in [0.3, 0.4) is 0 Å². The first-order valence-electron chi connectivity index (χ1n) is 10.6. The summed E-state index contributed by atoms with van der Waals surface area (Å²) in [5.41, 5.74) is 5.34. The van der Waals surface area contributed by atoms with Gasteiger partial charge < -0.3 is 0 Å². The summed E-state index contributed by atoms with van der Waals surface area (Å²) in [7, 11) is 0.112. The third-order valence-electron chi connectivity index (χ3n) is 5.84. The zero-order valence-corrected chi connectivity index (χ0v) is 20.0. The third kappa shape index (κ3) is 3.54. The van der Waals surface area contributed by atoms with Gasteiger partial charge in [-0.2, -0.15) is 5.10 Å². The number of sulfonamides is 1. The van der Waals surface area contributed by atoms with Gasteiger partial charge in [0.2, 0.25) is 10.0 Å².